The van der Waals surface area contributed by atoms with Crippen LogP contribution in [-0.2, 0) is 21.1 Å². The van der Waals surface area contributed by atoms with Crippen LogP contribution in [0.5, 0.6) is 0 Å². The number of rotatable bonds is 4. The number of hydrogen-bond donors (Lipinski definition) is 2. The summed E-state index contributed by atoms with van der Waals surface area (Å²) in [5.41, 5.74) is 0.449. The van der Waals surface area contributed by atoms with E-state index in [-0.39, 0.29) is 17.9 Å². The zero-order chi connectivity index (χ0) is 13.3. The molecule has 9 heteroatoms. The van der Waals surface area contributed by atoms with E-state index < -0.39 is 27.2 Å². The number of thiazole rings is 1. The fraction of sp³-hybridized carbons (Fsp3) is 0.556. The van der Waals surface area contributed by atoms with Crippen LogP contribution in [0.1, 0.15) is 5.69 Å². The van der Waals surface area contributed by atoms with Crippen LogP contribution in [0.3, 0.4) is 0 Å². The molecule has 1 aliphatic rings. The Labute approximate surface area is 112 Å². The van der Waals surface area contributed by atoms with E-state index in [1.54, 1.807) is 5.38 Å². The number of carboxylic acid groups (broad SMARTS) is 1. The molecule has 2 atom stereocenters. The Morgan fingerprint density at radius 3 is 2.83 bits per heavy atom. The number of aliphatic carboxylic acids is 1. The van der Waals surface area contributed by atoms with Crippen molar-refractivity contribution in [3.63, 3.8) is 0 Å². The lowest BCUT2D eigenvalue weighted by molar-refractivity contribution is -0.136. The van der Waals surface area contributed by atoms with Crippen molar-refractivity contribution in [2.45, 2.75) is 22.1 Å². The number of hydrogen-bond acceptors (Lipinski definition) is 7. The van der Waals surface area contributed by atoms with Gasteiger partial charge < -0.3 is 10.2 Å². The van der Waals surface area contributed by atoms with Crippen LogP contribution in [0.15, 0.2) is 9.72 Å². The van der Waals surface area contributed by atoms with Crippen molar-refractivity contribution in [1.82, 2.24) is 4.98 Å². The van der Waals surface area contributed by atoms with Crippen molar-refractivity contribution in [2.75, 3.05) is 11.5 Å². The zero-order valence-electron chi connectivity index (χ0n) is 9.14. The number of aliphatic hydroxyl groups is 1. The fourth-order valence-corrected chi connectivity index (χ4v) is 6.21. The minimum absolute atomic E-state index is 0.0628. The third-order valence-electron chi connectivity index (χ3n) is 2.39. The molecule has 0 aliphatic carbocycles. The predicted octanol–water partition coefficient (Wildman–Crippen LogP) is 0.0202. The maximum absolute atomic E-state index is 11.3. The molecule has 2 rings (SSSR count). The molecule has 0 radical (unpaired) electrons. The molecule has 18 heavy (non-hydrogen) atoms. The molecule has 100 valence electrons. The third kappa shape index (κ3) is 3.44. The lowest BCUT2D eigenvalue weighted by atomic mass is 10.3. The van der Waals surface area contributed by atoms with E-state index >= 15 is 0 Å². The van der Waals surface area contributed by atoms with Crippen LogP contribution in [0.4, 0.5) is 0 Å². The highest BCUT2D eigenvalue weighted by molar-refractivity contribution is 8.03. The van der Waals surface area contributed by atoms with Gasteiger partial charge in [-0.15, -0.1) is 11.3 Å². The van der Waals surface area contributed by atoms with E-state index in [2.05, 4.69) is 4.98 Å². The molecular weight excluding hydrogens is 298 g/mol. The lowest BCUT2D eigenvalue weighted by Gasteiger charge is -2.09. The molecule has 2 unspecified atom stereocenters. The molecule has 1 fully saturated rings. The van der Waals surface area contributed by atoms with Gasteiger partial charge in [-0.2, -0.15) is 0 Å². The van der Waals surface area contributed by atoms with Crippen molar-refractivity contribution in [3.8, 4) is 0 Å². The molecular formula is C9H11NO5S3. The molecule has 0 bridgehead atoms. The van der Waals surface area contributed by atoms with E-state index in [4.69, 9.17) is 5.11 Å². The molecule has 1 aromatic rings. The van der Waals surface area contributed by atoms with Gasteiger partial charge in [-0.25, -0.2) is 13.4 Å². The highest BCUT2D eigenvalue weighted by atomic mass is 32.2. The molecule has 0 saturated carbocycles. The van der Waals surface area contributed by atoms with Crippen molar-refractivity contribution in [3.05, 3.63) is 11.1 Å². The largest absolute Gasteiger partial charge is 0.481 e. The van der Waals surface area contributed by atoms with Gasteiger partial charge in [0, 0.05) is 5.38 Å². The summed E-state index contributed by atoms with van der Waals surface area (Å²) in [5.74, 6) is -1.23. The second kappa shape index (κ2) is 5.16. The van der Waals surface area contributed by atoms with Crippen LogP contribution in [0.25, 0.3) is 0 Å². The summed E-state index contributed by atoms with van der Waals surface area (Å²) >= 11 is 2.46. The van der Waals surface area contributed by atoms with Gasteiger partial charge in [-0.05, 0) is 0 Å². The first kappa shape index (κ1) is 13.8. The van der Waals surface area contributed by atoms with Crippen molar-refractivity contribution < 1.29 is 23.4 Å². The summed E-state index contributed by atoms with van der Waals surface area (Å²) in [6.07, 6.45) is -1.03. The van der Waals surface area contributed by atoms with Gasteiger partial charge in [0.05, 0.1) is 35.0 Å². The van der Waals surface area contributed by atoms with Crippen LogP contribution >= 0.6 is 23.1 Å². The molecule has 1 aliphatic heterocycles. The fourth-order valence-electron chi connectivity index (χ4n) is 1.62. The van der Waals surface area contributed by atoms with Gasteiger partial charge in [-0.3, -0.25) is 4.79 Å². The Morgan fingerprint density at radius 1 is 1.56 bits per heavy atom. The standard InChI is InChI=1S/C9H11NO5S3/c11-6-3-18(14,15)4-7(6)17-9-10-5(2-16-9)1-8(12)13/h2,6-7,11H,1,3-4H2,(H,12,13). The predicted molar refractivity (Wildman–Crippen MR) is 67.8 cm³/mol. The molecule has 0 spiro atoms. The summed E-state index contributed by atoms with van der Waals surface area (Å²) in [6, 6.07) is 0. The Kier molecular flexibility index (Phi) is 3.95. The lowest BCUT2D eigenvalue weighted by Crippen LogP contribution is -2.19. The maximum atomic E-state index is 11.3. The highest BCUT2D eigenvalue weighted by Gasteiger charge is 2.37. The first-order valence-electron chi connectivity index (χ1n) is 5.07. The molecule has 6 nitrogen and oxygen atoms in total. The number of carbonyl (C=O) groups is 1. The van der Waals surface area contributed by atoms with Crippen molar-refractivity contribution in [2.24, 2.45) is 0 Å². The van der Waals surface area contributed by atoms with Gasteiger partial charge in [0.25, 0.3) is 0 Å². The molecule has 2 N–H and O–H groups in total. The smallest absolute Gasteiger partial charge is 0.309 e. The van der Waals surface area contributed by atoms with E-state index in [1.807, 2.05) is 0 Å². The van der Waals surface area contributed by atoms with Crippen LogP contribution in [0.2, 0.25) is 0 Å². The number of thioether (sulfide) groups is 1. The van der Waals surface area contributed by atoms with E-state index in [9.17, 15) is 18.3 Å². The average molecular weight is 309 g/mol. The van der Waals surface area contributed by atoms with Gasteiger partial charge in [0.15, 0.2) is 14.2 Å². The SMILES string of the molecule is O=C(O)Cc1csc(SC2CS(=O)(=O)CC2O)n1. The minimum Gasteiger partial charge on any atom is -0.481 e. The summed E-state index contributed by atoms with van der Waals surface area (Å²) in [5, 5.41) is 19.4. The van der Waals surface area contributed by atoms with Crippen molar-refractivity contribution in [1.29, 1.82) is 0 Å². The monoisotopic (exact) mass is 309 g/mol. The molecule has 1 saturated heterocycles. The number of aliphatic hydroxyl groups excluding tert-OH is 1. The first-order valence-corrected chi connectivity index (χ1v) is 8.65. The van der Waals surface area contributed by atoms with Gasteiger partial charge in [0.2, 0.25) is 0 Å². The highest BCUT2D eigenvalue weighted by Crippen LogP contribution is 2.33. The number of carboxylic acids is 1. The van der Waals surface area contributed by atoms with Crippen LogP contribution in [-0.4, -0.2) is 52.4 Å². The maximum Gasteiger partial charge on any atom is 0.309 e. The van der Waals surface area contributed by atoms with Crippen LogP contribution < -0.4 is 0 Å². The second-order valence-corrected chi connectivity index (χ2v) is 8.47. The number of sulfone groups is 1. The second-order valence-electron chi connectivity index (χ2n) is 3.98. The molecule has 2 heterocycles. The summed E-state index contributed by atoms with van der Waals surface area (Å²) in [6.45, 7) is 0. The van der Waals surface area contributed by atoms with Gasteiger partial charge in [-0.1, -0.05) is 11.8 Å². The topological polar surface area (TPSA) is 105 Å². The normalized spacial score (nSPS) is 26.3. The number of nitrogens with zero attached hydrogens (tertiary/aromatic N) is 1. The van der Waals surface area contributed by atoms with Gasteiger partial charge >= 0.3 is 5.97 Å². The molecule has 1 aromatic heterocycles. The Bertz CT molecular complexity index is 552. The summed E-state index contributed by atoms with van der Waals surface area (Å²) in [4.78, 5) is 14.6. The van der Waals surface area contributed by atoms with E-state index in [1.165, 1.54) is 23.1 Å². The van der Waals surface area contributed by atoms with E-state index in [0.717, 1.165) is 0 Å². The Morgan fingerprint density at radius 2 is 2.28 bits per heavy atom. The molecule has 0 amide bonds. The Balaban J connectivity index is 2.02. The zero-order valence-corrected chi connectivity index (χ0v) is 11.6. The minimum atomic E-state index is -3.17. The quantitative estimate of drug-likeness (QED) is 0.808. The summed E-state index contributed by atoms with van der Waals surface area (Å²) < 4.78 is 23.2. The van der Waals surface area contributed by atoms with Crippen molar-refractivity contribution >= 4 is 38.9 Å². The summed E-state index contributed by atoms with van der Waals surface area (Å²) in [7, 11) is -3.17. The van der Waals surface area contributed by atoms with E-state index in [0.29, 0.717) is 10.0 Å². The van der Waals surface area contributed by atoms with Crippen LogP contribution in [0, 0.1) is 0 Å². The first-order chi connectivity index (χ1) is 8.35. The Hall–Kier alpha value is -0.640. The molecule has 0 aromatic carbocycles. The van der Waals surface area contributed by atoms with Gasteiger partial charge in [0.1, 0.15) is 0 Å². The number of aromatic nitrogens is 1. The average Bonchev–Trinajstić information content (AvgIpc) is 2.71. The third-order valence-corrected chi connectivity index (χ3v) is 6.65.